The summed E-state index contributed by atoms with van der Waals surface area (Å²) in [7, 11) is 1.60. The Bertz CT molecular complexity index is 536. The average Bonchev–Trinajstić information content (AvgIpc) is 2.49. The minimum absolute atomic E-state index is 0.00246. The van der Waals surface area contributed by atoms with Gasteiger partial charge in [-0.15, -0.1) is 0 Å². The van der Waals surface area contributed by atoms with Gasteiger partial charge in [-0.3, -0.25) is 14.8 Å². The minimum atomic E-state index is 0.00246. The summed E-state index contributed by atoms with van der Waals surface area (Å²) in [4.78, 5) is 19.5. The number of hydrogen-bond acceptors (Lipinski definition) is 4. The summed E-state index contributed by atoms with van der Waals surface area (Å²) in [5, 5.41) is 0. The van der Waals surface area contributed by atoms with Gasteiger partial charge in [0.1, 0.15) is 5.75 Å². The fourth-order valence-electron chi connectivity index (χ4n) is 1.43. The normalized spacial score (nSPS) is 9.26. The van der Waals surface area contributed by atoms with Crippen LogP contribution >= 0.6 is 0 Å². The van der Waals surface area contributed by atoms with Crippen LogP contribution in [-0.4, -0.2) is 22.9 Å². The van der Waals surface area contributed by atoms with E-state index < -0.39 is 0 Å². The van der Waals surface area contributed by atoms with Crippen molar-refractivity contribution in [2.75, 3.05) is 7.11 Å². The zero-order valence-corrected chi connectivity index (χ0v) is 11.7. The standard InChI is InChI=1S/C13H12N2O2.C2H6/c1-9(16)10-3-4-12(15-8-10)13-7-11(17-2)5-6-14-13;1-2/h3-8H,1-2H3;1-2H3. The number of nitrogens with zero attached hydrogens (tertiary/aromatic N) is 2. The van der Waals surface area contributed by atoms with Gasteiger partial charge in [0.25, 0.3) is 0 Å². The fourth-order valence-corrected chi connectivity index (χ4v) is 1.43. The smallest absolute Gasteiger partial charge is 0.161 e. The molecule has 0 fully saturated rings. The number of carbonyl (C=O) groups is 1. The van der Waals surface area contributed by atoms with Gasteiger partial charge in [0.15, 0.2) is 5.78 Å². The minimum Gasteiger partial charge on any atom is -0.497 e. The quantitative estimate of drug-likeness (QED) is 0.792. The number of methoxy groups -OCH3 is 1. The highest BCUT2D eigenvalue weighted by Gasteiger charge is 2.04. The molecule has 0 aliphatic carbocycles. The van der Waals surface area contributed by atoms with Crippen molar-refractivity contribution >= 4 is 5.78 Å². The van der Waals surface area contributed by atoms with Gasteiger partial charge in [0.2, 0.25) is 0 Å². The molecule has 100 valence electrons. The highest BCUT2D eigenvalue weighted by atomic mass is 16.5. The number of ketones is 1. The van der Waals surface area contributed by atoms with Crippen LogP contribution in [0.4, 0.5) is 0 Å². The van der Waals surface area contributed by atoms with E-state index in [1.807, 2.05) is 13.8 Å². The van der Waals surface area contributed by atoms with Crippen LogP contribution in [0.2, 0.25) is 0 Å². The number of pyridine rings is 2. The monoisotopic (exact) mass is 258 g/mol. The number of rotatable bonds is 3. The molecule has 2 rings (SSSR count). The second-order valence-electron chi connectivity index (χ2n) is 3.57. The van der Waals surface area contributed by atoms with Crippen LogP contribution < -0.4 is 4.74 Å². The molecule has 2 aromatic rings. The first-order valence-corrected chi connectivity index (χ1v) is 6.18. The van der Waals surface area contributed by atoms with Crippen LogP contribution in [0.5, 0.6) is 5.75 Å². The van der Waals surface area contributed by atoms with E-state index in [4.69, 9.17) is 4.74 Å². The van der Waals surface area contributed by atoms with Crippen LogP contribution in [0, 0.1) is 0 Å². The predicted molar refractivity (Wildman–Crippen MR) is 75.4 cm³/mol. The van der Waals surface area contributed by atoms with E-state index in [0.29, 0.717) is 11.3 Å². The Labute approximate surface area is 113 Å². The third kappa shape index (κ3) is 3.88. The number of hydrogen-bond donors (Lipinski definition) is 0. The van der Waals surface area contributed by atoms with Gasteiger partial charge < -0.3 is 4.74 Å². The van der Waals surface area contributed by atoms with Gasteiger partial charge in [0.05, 0.1) is 18.5 Å². The van der Waals surface area contributed by atoms with Gasteiger partial charge >= 0.3 is 0 Å². The molecular formula is C15H18N2O2. The van der Waals surface area contributed by atoms with E-state index >= 15 is 0 Å². The maximum Gasteiger partial charge on any atom is 0.161 e. The van der Waals surface area contributed by atoms with E-state index in [1.54, 1.807) is 43.8 Å². The van der Waals surface area contributed by atoms with Crippen molar-refractivity contribution in [2.45, 2.75) is 20.8 Å². The molecule has 0 radical (unpaired) electrons. The topological polar surface area (TPSA) is 52.1 Å². The highest BCUT2D eigenvalue weighted by Crippen LogP contribution is 2.19. The molecular weight excluding hydrogens is 240 g/mol. The highest BCUT2D eigenvalue weighted by molar-refractivity contribution is 5.93. The summed E-state index contributed by atoms with van der Waals surface area (Å²) in [6, 6.07) is 7.09. The number of ether oxygens (including phenoxy) is 1. The van der Waals surface area contributed by atoms with Crippen molar-refractivity contribution in [2.24, 2.45) is 0 Å². The molecule has 19 heavy (non-hydrogen) atoms. The third-order valence-electron chi connectivity index (χ3n) is 2.40. The maximum absolute atomic E-state index is 11.1. The van der Waals surface area contributed by atoms with E-state index in [-0.39, 0.29) is 5.78 Å². The molecule has 0 atom stereocenters. The van der Waals surface area contributed by atoms with Crippen LogP contribution in [-0.2, 0) is 0 Å². The van der Waals surface area contributed by atoms with Crippen LogP contribution in [0.25, 0.3) is 11.4 Å². The number of Topliss-reactive ketones (excluding diaryl/α,β-unsaturated/α-hetero) is 1. The lowest BCUT2D eigenvalue weighted by molar-refractivity contribution is 0.101. The zero-order valence-electron chi connectivity index (χ0n) is 11.7. The molecule has 0 aliphatic rings. The number of carbonyl (C=O) groups excluding carboxylic acids is 1. The first-order chi connectivity index (χ1) is 9.20. The van der Waals surface area contributed by atoms with Crippen LogP contribution in [0.1, 0.15) is 31.1 Å². The summed E-state index contributed by atoms with van der Waals surface area (Å²) >= 11 is 0. The Morgan fingerprint density at radius 1 is 1.11 bits per heavy atom. The van der Waals surface area contributed by atoms with Crippen molar-refractivity contribution < 1.29 is 9.53 Å². The lowest BCUT2D eigenvalue weighted by Crippen LogP contribution is -1.94. The van der Waals surface area contributed by atoms with Gasteiger partial charge in [-0.25, -0.2) is 0 Å². The van der Waals surface area contributed by atoms with Crippen molar-refractivity contribution in [1.82, 2.24) is 9.97 Å². The first kappa shape index (κ1) is 14.8. The third-order valence-corrected chi connectivity index (χ3v) is 2.40. The van der Waals surface area contributed by atoms with E-state index in [9.17, 15) is 4.79 Å². The fraction of sp³-hybridized carbons (Fsp3) is 0.267. The molecule has 0 unspecified atom stereocenters. The van der Waals surface area contributed by atoms with E-state index in [2.05, 4.69) is 9.97 Å². The predicted octanol–water partition coefficient (Wildman–Crippen LogP) is 3.38. The summed E-state index contributed by atoms with van der Waals surface area (Å²) in [5.74, 6) is 0.732. The molecule has 4 nitrogen and oxygen atoms in total. The maximum atomic E-state index is 11.1. The Morgan fingerprint density at radius 2 is 1.84 bits per heavy atom. The molecule has 4 heteroatoms. The van der Waals surface area contributed by atoms with Crippen molar-refractivity contribution in [3.05, 3.63) is 42.2 Å². The second-order valence-corrected chi connectivity index (χ2v) is 3.57. The van der Waals surface area contributed by atoms with Crippen molar-refractivity contribution in [3.8, 4) is 17.1 Å². The van der Waals surface area contributed by atoms with E-state index in [1.165, 1.54) is 6.92 Å². The number of aromatic nitrogens is 2. The Morgan fingerprint density at radius 3 is 2.37 bits per heavy atom. The summed E-state index contributed by atoms with van der Waals surface area (Å²) in [6.07, 6.45) is 3.22. The van der Waals surface area contributed by atoms with Crippen LogP contribution in [0.15, 0.2) is 36.7 Å². The van der Waals surface area contributed by atoms with Crippen molar-refractivity contribution in [3.63, 3.8) is 0 Å². The molecule has 0 aromatic carbocycles. The molecule has 0 aliphatic heterocycles. The zero-order chi connectivity index (χ0) is 14.3. The molecule has 0 saturated carbocycles. The summed E-state index contributed by atoms with van der Waals surface area (Å²) in [6.45, 7) is 5.51. The molecule has 0 N–H and O–H groups in total. The van der Waals surface area contributed by atoms with Gasteiger partial charge in [-0.1, -0.05) is 13.8 Å². The second kappa shape index (κ2) is 7.26. The SMILES string of the molecule is CC.COc1ccnc(-c2ccc(C(C)=O)cn2)c1. The molecule has 0 bridgehead atoms. The van der Waals surface area contributed by atoms with Crippen LogP contribution in [0.3, 0.4) is 0 Å². The molecule has 0 amide bonds. The summed E-state index contributed by atoms with van der Waals surface area (Å²) < 4.78 is 5.12. The van der Waals surface area contributed by atoms with Gasteiger partial charge in [-0.2, -0.15) is 0 Å². The Balaban J connectivity index is 0.000000861. The lowest BCUT2D eigenvalue weighted by Gasteiger charge is -2.03. The lowest BCUT2D eigenvalue weighted by atomic mass is 10.1. The summed E-state index contributed by atoms with van der Waals surface area (Å²) in [5.41, 5.74) is 2.03. The van der Waals surface area contributed by atoms with Gasteiger partial charge in [0, 0.05) is 24.0 Å². The largest absolute Gasteiger partial charge is 0.497 e. The molecule has 0 saturated heterocycles. The van der Waals surface area contributed by atoms with Crippen molar-refractivity contribution in [1.29, 1.82) is 0 Å². The molecule has 2 heterocycles. The Hall–Kier alpha value is -2.23. The average molecular weight is 258 g/mol. The first-order valence-electron chi connectivity index (χ1n) is 6.18. The Kier molecular flexibility index (Phi) is 5.67. The molecule has 2 aromatic heterocycles. The van der Waals surface area contributed by atoms with Gasteiger partial charge in [-0.05, 0) is 25.1 Å². The molecule has 0 spiro atoms. The van der Waals surface area contributed by atoms with E-state index in [0.717, 1.165) is 11.4 Å².